The molecule has 2 fully saturated rings. The Hall–Kier alpha value is -3.87. The molecule has 7 heteroatoms. The van der Waals surface area contributed by atoms with Gasteiger partial charge < -0.3 is 14.4 Å². The van der Waals surface area contributed by atoms with Gasteiger partial charge in [0.05, 0.1) is 12.1 Å². The summed E-state index contributed by atoms with van der Waals surface area (Å²) in [5, 5.41) is 0. The van der Waals surface area contributed by atoms with Gasteiger partial charge in [0.1, 0.15) is 17.7 Å². The van der Waals surface area contributed by atoms with E-state index in [9.17, 15) is 14.4 Å². The summed E-state index contributed by atoms with van der Waals surface area (Å²) in [5.41, 5.74) is -1.81. The molecule has 0 aromatic heterocycles. The lowest BCUT2D eigenvalue weighted by Crippen LogP contribution is -2.80. The second-order valence-electron chi connectivity index (χ2n) is 11.0. The van der Waals surface area contributed by atoms with Crippen LogP contribution in [0.25, 0.3) is 0 Å². The van der Waals surface area contributed by atoms with Gasteiger partial charge in [-0.1, -0.05) is 72.8 Å². The minimum atomic E-state index is -1.36. The summed E-state index contributed by atoms with van der Waals surface area (Å²) in [6, 6.07) is 17.8. The Balaban J connectivity index is 1.91. The summed E-state index contributed by atoms with van der Waals surface area (Å²) in [4.78, 5) is 44.7. The van der Waals surface area contributed by atoms with Crippen molar-refractivity contribution in [1.82, 2.24) is 9.80 Å². The third-order valence-electron chi connectivity index (χ3n) is 7.27. The molecule has 0 radical (unpaired) electrons. The van der Waals surface area contributed by atoms with E-state index in [1.54, 1.807) is 49.6 Å². The highest BCUT2D eigenvalue weighted by Gasteiger charge is 2.72. The van der Waals surface area contributed by atoms with Gasteiger partial charge in [0.25, 0.3) is 5.91 Å². The van der Waals surface area contributed by atoms with E-state index in [0.29, 0.717) is 0 Å². The Morgan fingerprint density at radius 1 is 1.00 bits per heavy atom. The van der Waals surface area contributed by atoms with E-state index in [1.807, 2.05) is 60.7 Å². The van der Waals surface area contributed by atoms with Gasteiger partial charge in [-0.2, -0.15) is 0 Å². The zero-order valence-electron chi connectivity index (χ0n) is 22.6. The highest BCUT2D eigenvalue weighted by molar-refractivity contribution is 6.02. The number of rotatable bonds is 9. The number of carbonyl (C=O) groups is 3. The summed E-state index contributed by atoms with van der Waals surface area (Å²) < 4.78 is 11.4. The van der Waals surface area contributed by atoms with E-state index in [2.05, 4.69) is 13.2 Å². The molecule has 7 nitrogen and oxygen atoms in total. The molecule has 2 aliphatic heterocycles. The number of amides is 2. The topological polar surface area (TPSA) is 76.2 Å². The number of carbonyl (C=O) groups excluding carboxylic acids is 3. The largest absolute Gasteiger partial charge is 0.458 e. The van der Waals surface area contributed by atoms with E-state index < -0.39 is 40.8 Å². The minimum absolute atomic E-state index is 0.118. The Morgan fingerprint density at radius 2 is 1.58 bits per heavy atom. The molecule has 2 aromatic carbocycles. The third kappa shape index (κ3) is 4.40. The molecule has 0 saturated carbocycles. The third-order valence-corrected chi connectivity index (χ3v) is 7.27. The minimum Gasteiger partial charge on any atom is -0.458 e. The van der Waals surface area contributed by atoms with Gasteiger partial charge in [-0.25, -0.2) is 9.59 Å². The van der Waals surface area contributed by atoms with Crippen molar-refractivity contribution in [2.24, 2.45) is 0 Å². The van der Waals surface area contributed by atoms with Crippen LogP contribution >= 0.6 is 0 Å². The van der Waals surface area contributed by atoms with Gasteiger partial charge >= 0.3 is 12.1 Å². The lowest BCUT2D eigenvalue weighted by atomic mass is 9.67. The second-order valence-corrected chi connectivity index (χ2v) is 11.0. The van der Waals surface area contributed by atoms with Crippen molar-refractivity contribution in [3.8, 4) is 0 Å². The number of cyclic esters (lactones) is 1. The molecule has 2 aromatic rings. The average Bonchev–Trinajstić information content (AvgIpc) is 3.26. The van der Waals surface area contributed by atoms with Crippen LogP contribution in [0, 0.1) is 0 Å². The lowest BCUT2D eigenvalue weighted by Gasteiger charge is -2.63. The summed E-state index contributed by atoms with van der Waals surface area (Å²) >= 11 is 0. The first kappa shape index (κ1) is 27.2. The summed E-state index contributed by atoms with van der Waals surface area (Å²) in [5.74, 6) is -0.892. The van der Waals surface area contributed by atoms with Crippen LogP contribution in [0.1, 0.15) is 63.7 Å². The van der Waals surface area contributed by atoms with Crippen LogP contribution in [0.4, 0.5) is 4.79 Å². The summed E-state index contributed by atoms with van der Waals surface area (Å²) in [6.07, 6.45) is 3.05. The maximum Gasteiger partial charge on any atom is 0.411 e. The molecule has 2 saturated heterocycles. The number of benzene rings is 2. The van der Waals surface area contributed by atoms with Crippen molar-refractivity contribution >= 4 is 18.0 Å². The number of hydrogen-bond donors (Lipinski definition) is 0. The fourth-order valence-electron chi connectivity index (χ4n) is 5.64. The quantitative estimate of drug-likeness (QED) is 0.241. The first-order chi connectivity index (χ1) is 18.0. The first-order valence-electron chi connectivity index (χ1n) is 12.9. The smallest absolute Gasteiger partial charge is 0.411 e. The average molecular weight is 517 g/mol. The summed E-state index contributed by atoms with van der Waals surface area (Å²) in [7, 11) is 0. The van der Waals surface area contributed by atoms with E-state index >= 15 is 0 Å². The van der Waals surface area contributed by atoms with Crippen molar-refractivity contribution in [2.75, 3.05) is 6.61 Å². The molecule has 0 bridgehead atoms. The zero-order chi connectivity index (χ0) is 27.7. The van der Waals surface area contributed by atoms with Crippen molar-refractivity contribution in [3.05, 3.63) is 97.1 Å². The molecule has 0 unspecified atom stereocenters. The van der Waals surface area contributed by atoms with Crippen LogP contribution in [-0.2, 0) is 19.1 Å². The fraction of sp³-hybridized carbons (Fsp3) is 0.387. The van der Waals surface area contributed by atoms with Crippen LogP contribution < -0.4 is 0 Å². The Labute approximate surface area is 224 Å². The molecule has 2 heterocycles. The van der Waals surface area contributed by atoms with Crippen molar-refractivity contribution in [2.45, 2.75) is 69.3 Å². The lowest BCUT2D eigenvalue weighted by molar-refractivity contribution is -0.203. The van der Waals surface area contributed by atoms with E-state index in [0.717, 1.165) is 11.1 Å². The number of likely N-dealkylation sites (tertiary alicyclic amines) is 1. The van der Waals surface area contributed by atoms with E-state index in [4.69, 9.17) is 9.47 Å². The molecule has 0 N–H and O–H groups in total. The van der Waals surface area contributed by atoms with Crippen LogP contribution in [0.2, 0.25) is 0 Å². The molecule has 2 amide bonds. The number of nitrogens with zero attached hydrogens (tertiary/aromatic N) is 2. The zero-order valence-corrected chi connectivity index (χ0v) is 22.6. The number of ether oxygens (including phenoxy) is 2. The standard InChI is InChI=1S/C31H36N2O5/c1-7-19-30(6,27(35)38-29(3,4)5)33-25(23-17-13-10-14-18-23)31(20-8-2,26(33)34)32-24(21-37-28(32)36)22-15-11-9-12-16-22/h7-18,24-25H,1-2,19-21H2,3-6H3/t24-,25-,30-,31-/m1/s1. The van der Waals surface area contributed by atoms with Crippen molar-refractivity contribution < 1.29 is 23.9 Å². The van der Waals surface area contributed by atoms with Gasteiger partial charge in [0.15, 0.2) is 5.54 Å². The van der Waals surface area contributed by atoms with Crippen molar-refractivity contribution in [3.63, 3.8) is 0 Å². The second kappa shape index (κ2) is 10.1. The molecule has 2 aliphatic rings. The fourth-order valence-corrected chi connectivity index (χ4v) is 5.64. The molecule has 0 spiro atoms. The van der Waals surface area contributed by atoms with E-state index in [-0.39, 0.29) is 25.4 Å². The summed E-state index contributed by atoms with van der Waals surface area (Å²) in [6.45, 7) is 15.0. The van der Waals surface area contributed by atoms with Crippen molar-refractivity contribution in [1.29, 1.82) is 0 Å². The SMILES string of the molecule is C=CC[C@]1(N2C(=O)OC[C@@H]2c2ccccc2)C(=O)N([C@](C)(CC=C)C(=O)OC(C)(C)C)[C@@H]1c1ccccc1. The maximum absolute atomic E-state index is 14.5. The maximum atomic E-state index is 14.5. The molecule has 4 rings (SSSR count). The van der Waals surface area contributed by atoms with Gasteiger partial charge in [0.2, 0.25) is 0 Å². The van der Waals surface area contributed by atoms with Gasteiger partial charge in [0, 0.05) is 0 Å². The molecular weight excluding hydrogens is 480 g/mol. The van der Waals surface area contributed by atoms with Gasteiger partial charge in [-0.3, -0.25) is 9.69 Å². The Bertz CT molecular complexity index is 1220. The molecule has 200 valence electrons. The van der Waals surface area contributed by atoms with Crippen LogP contribution in [0.15, 0.2) is 86.0 Å². The highest BCUT2D eigenvalue weighted by atomic mass is 16.6. The Kier molecular flexibility index (Phi) is 7.24. The predicted molar refractivity (Wildman–Crippen MR) is 145 cm³/mol. The molecule has 38 heavy (non-hydrogen) atoms. The predicted octanol–water partition coefficient (Wildman–Crippen LogP) is 5.75. The number of β-lactam (4-membered cyclic amide) rings is 1. The van der Waals surface area contributed by atoms with E-state index in [1.165, 1.54) is 0 Å². The number of hydrogen-bond acceptors (Lipinski definition) is 5. The van der Waals surface area contributed by atoms with Gasteiger partial charge in [-0.05, 0) is 51.7 Å². The molecule has 0 aliphatic carbocycles. The first-order valence-corrected chi connectivity index (χ1v) is 12.9. The molecular formula is C31H36N2O5. The van der Waals surface area contributed by atoms with Crippen LogP contribution in [0.5, 0.6) is 0 Å². The highest BCUT2D eigenvalue weighted by Crippen LogP contribution is 2.56. The molecule has 4 atom stereocenters. The van der Waals surface area contributed by atoms with Crippen LogP contribution in [0.3, 0.4) is 0 Å². The monoisotopic (exact) mass is 516 g/mol. The number of esters is 1. The normalized spacial score (nSPS) is 24.7. The van der Waals surface area contributed by atoms with Gasteiger partial charge in [-0.15, -0.1) is 13.2 Å². The van der Waals surface area contributed by atoms with Crippen LogP contribution in [-0.4, -0.2) is 51.1 Å². The Morgan fingerprint density at radius 3 is 2.11 bits per heavy atom.